The molecule has 0 unspecified atom stereocenters. The van der Waals surface area contributed by atoms with E-state index in [1.54, 1.807) is 32.4 Å². The summed E-state index contributed by atoms with van der Waals surface area (Å²) in [6, 6.07) is 15.2. The van der Waals surface area contributed by atoms with E-state index in [4.69, 9.17) is 4.74 Å². The van der Waals surface area contributed by atoms with Gasteiger partial charge < -0.3 is 19.7 Å². The summed E-state index contributed by atoms with van der Waals surface area (Å²) in [5.74, 6) is 0.586. The Labute approximate surface area is 164 Å². The third-order valence-electron chi connectivity index (χ3n) is 4.34. The maximum atomic E-state index is 12.4. The molecule has 0 saturated heterocycles. The van der Waals surface area contributed by atoms with E-state index in [1.807, 2.05) is 53.2 Å². The van der Waals surface area contributed by atoms with Gasteiger partial charge in [0, 0.05) is 18.0 Å². The number of hydrogen-bond acceptors (Lipinski definition) is 4. The molecule has 28 heavy (non-hydrogen) atoms. The highest BCUT2D eigenvalue weighted by Gasteiger charge is 2.20. The smallest absolute Gasteiger partial charge is 0.251 e. The Hall–Kier alpha value is -3.12. The average molecular weight is 379 g/mol. The third kappa shape index (κ3) is 5.20. The van der Waals surface area contributed by atoms with E-state index < -0.39 is 5.54 Å². The molecule has 2 N–H and O–H groups in total. The van der Waals surface area contributed by atoms with E-state index in [0.29, 0.717) is 12.2 Å². The average Bonchev–Trinajstić information content (AvgIpc) is 3.22. The fraction of sp³-hybridized carbons (Fsp3) is 0.273. The lowest BCUT2D eigenvalue weighted by Crippen LogP contribution is -2.46. The first-order chi connectivity index (χ1) is 13.5. The maximum absolute atomic E-state index is 12.4. The standard InChI is InChI=1S/C22H25N3O3/c1-22(2,15-26)24-21(27)19-5-3-4-18(14-19)17-6-8-20(9-7-17)28-13-12-25-11-10-23-16-25/h3-11,14,16,26H,12-13,15H2,1-2H3,(H,24,27). The molecule has 0 bridgehead atoms. The fourth-order valence-corrected chi connectivity index (χ4v) is 2.69. The number of ether oxygens (including phenoxy) is 1. The van der Waals surface area contributed by atoms with Crippen molar-refractivity contribution < 1.29 is 14.6 Å². The number of aliphatic hydroxyl groups is 1. The Morgan fingerprint density at radius 1 is 1.18 bits per heavy atom. The van der Waals surface area contributed by atoms with Gasteiger partial charge in [-0.1, -0.05) is 24.3 Å². The van der Waals surface area contributed by atoms with Gasteiger partial charge in [-0.2, -0.15) is 0 Å². The van der Waals surface area contributed by atoms with Crippen molar-refractivity contribution in [2.75, 3.05) is 13.2 Å². The first-order valence-electron chi connectivity index (χ1n) is 9.19. The molecule has 1 heterocycles. The first kappa shape index (κ1) is 19.6. The van der Waals surface area contributed by atoms with Crippen LogP contribution in [0.15, 0.2) is 67.3 Å². The first-order valence-corrected chi connectivity index (χ1v) is 9.19. The van der Waals surface area contributed by atoms with Crippen molar-refractivity contribution in [2.45, 2.75) is 25.9 Å². The van der Waals surface area contributed by atoms with Gasteiger partial charge in [-0.05, 0) is 49.2 Å². The molecule has 3 rings (SSSR count). The second-order valence-corrected chi connectivity index (χ2v) is 7.25. The monoisotopic (exact) mass is 379 g/mol. The largest absolute Gasteiger partial charge is 0.492 e. The van der Waals surface area contributed by atoms with Gasteiger partial charge in [0.05, 0.1) is 25.0 Å². The molecule has 1 aromatic heterocycles. The zero-order valence-electron chi connectivity index (χ0n) is 16.1. The number of aromatic nitrogens is 2. The summed E-state index contributed by atoms with van der Waals surface area (Å²) >= 11 is 0. The molecule has 6 nitrogen and oxygen atoms in total. The molecule has 0 saturated carbocycles. The van der Waals surface area contributed by atoms with Crippen LogP contribution < -0.4 is 10.1 Å². The van der Waals surface area contributed by atoms with Gasteiger partial charge in [0.25, 0.3) is 5.91 Å². The number of carbonyl (C=O) groups excluding carboxylic acids is 1. The molecule has 1 amide bonds. The predicted octanol–water partition coefficient (Wildman–Crippen LogP) is 3.13. The number of amides is 1. The van der Waals surface area contributed by atoms with Crippen LogP contribution in [0.2, 0.25) is 0 Å². The van der Waals surface area contributed by atoms with Crippen LogP contribution in [0.5, 0.6) is 5.75 Å². The van der Waals surface area contributed by atoms with Crippen molar-refractivity contribution in [1.29, 1.82) is 0 Å². The minimum absolute atomic E-state index is 0.124. The van der Waals surface area contributed by atoms with Gasteiger partial charge in [-0.15, -0.1) is 0 Å². The minimum Gasteiger partial charge on any atom is -0.492 e. The number of benzene rings is 2. The summed E-state index contributed by atoms with van der Waals surface area (Å²) in [5, 5.41) is 12.2. The van der Waals surface area contributed by atoms with Gasteiger partial charge in [0.2, 0.25) is 0 Å². The van der Waals surface area contributed by atoms with Crippen LogP contribution in [0.4, 0.5) is 0 Å². The van der Waals surface area contributed by atoms with E-state index in [2.05, 4.69) is 10.3 Å². The van der Waals surface area contributed by atoms with Gasteiger partial charge in [0.15, 0.2) is 0 Å². The molecule has 0 atom stereocenters. The molecule has 0 aliphatic heterocycles. The van der Waals surface area contributed by atoms with Crippen LogP contribution in [0.3, 0.4) is 0 Å². The summed E-state index contributed by atoms with van der Waals surface area (Å²) < 4.78 is 7.72. The number of aliphatic hydroxyl groups excluding tert-OH is 1. The number of nitrogens with zero attached hydrogens (tertiary/aromatic N) is 2. The Kier molecular flexibility index (Phi) is 6.11. The summed E-state index contributed by atoms with van der Waals surface area (Å²) in [4.78, 5) is 16.4. The number of nitrogens with one attached hydrogen (secondary N) is 1. The van der Waals surface area contributed by atoms with Gasteiger partial charge in [-0.25, -0.2) is 4.98 Å². The summed E-state index contributed by atoms with van der Waals surface area (Å²) in [7, 11) is 0. The molecule has 3 aromatic rings. The topological polar surface area (TPSA) is 76.4 Å². The van der Waals surface area contributed by atoms with Crippen LogP contribution >= 0.6 is 0 Å². The second kappa shape index (κ2) is 8.71. The maximum Gasteiger partial charge on any atom is 0.251 e. The summed E-state index contributed by atoms with van der Waals surface area (Å²) in [5.41, 5.74) is 1.83. The highest BCUT2D eigenvalue weighted by molar-refractivity contribution is 5.95. The molecule has 2 aromatic carbocycles. The lowest BCUT2D eigenvalue weighted by molar-refractivity contribution is 0.0869. The predicted molar refractivity (Wildman–Crippen MR) is 108 cm³/mol. The molecular formula is C22H25N3O3. The normalized spacial score (nSPS) is 11.2. The Bertz CT molecular complexity index is 903. The van der Waals surface area contributed by atoms with E-state index in [9.17, 15) is 9.90 Å². The van der Waals surface area contributed by atoms with Crippen molar-refractivity contribution >= 4 is 5.91 Å². The lowest BCUT2D eigenvalue weighted by Gasteiger charge is -2.23. The minimum atomic E-state index is -0.664. The molecule has 0 spiro atoms. The zero-order valence-corrected chi connectivity index (χ0v) is 16.1. The van der Waals surface area contributed by atoms with E-state index >= 15 is 0 Å². The van der Waals surface area contributed by atoms with Crippen LogP contribution in [0, 0.1) is 0 Å². The van der Waals surface area contributed by atoms with Crippen molar-refractivity contribution in [3.8, 4) is 16.9 Å². The number of carbonyl (C=O) groups is 1. The van der Waals surface area contributed by atoms with Gasteiger partial charge >= 0.3 is 0 Å². The highest BCUT2D eigenvalue weighted by atomic mass is 16.5. The number of rotatable bonds is 8. The van der Waals surface area contributed by atoms with Crippen LogP contribution in [0.1, 0.15) is 24.2 Å². The van der Waals surface area contributed by atoms with E-state index in [0.717, 1.165) is 23.4 Å². The number of imidazole rings is 1. The molecule has 0 aliphatic rings. The quantitative estimate of drug-likeness (QED) is 0.630. The SMILES string of the molecule is CC(C)(CO)NC(=O)c1cccc(-c2ccc(OCCn3ccnc3)cc2)c1. The van der Waals surface area contributed by atoms with Crippen molar-refractivity contribution in [3.05, 3.63) is 72.8 Å². The van der Waals surface area contributed by atoms with Crippen LogP contribution in [-0.4, -0.2) is 39.3 Å². The fourth-order valence-electron chi connectivity index (χ4n) is 2.69. The molecule has 0 fully saturated rings. The van der Waals surface area contributed by atoms with E-state index in [-0.39, 0.29) is 12.5 Å². The molecular weight excluding hydrogens is 354 g/mol. The van der Waals surface area contributed by atoms with Crippen molar-refractivity contribution in [3.63, 3.8) is 0 Å². The van der Waals surface area contributed by atoms with E-state index in [1.165, 1.54) is 0 Å². The Balaban J connectivity index is 1.64. The highest BCUT2D eigenvalue weighted by Crippen LogP contribution is 2.23. The molecule has 0 radical (unpaired) electrons. The molecule has 6 heteroatoms. The van der Waals surface area contributed by atoms with Gasteiger partial charge in [0.1, 0.15) is 12.4 Å². The van der Waals surface area contributed by atoms with Crippen LogP contribution in [0.25, 0.3) is 11.1 Å². The summed E-state index contributed by atoms with van der Waals surface area (Å²) in [6.07, 6.45) is 5.41. The lowest BCUT2D eigenvalue weighted by atomic mass is 10.0. The van der Waals surface area contributed by atoms with Crippen molar-refractivity contribution in [2.24, 2.45) is 0 Å². The van der Waals surface area contributed by atoms with Gasteiger partial charge in [-0.3, -0.25) is 4.79 Å². The van der Waals surface area contributed by atoms with Crippen LogP contribution in [-0.2, 0) is 6.54 Å². The zero-order chi connectivity index (χ0) is 20.0. The Morgan fingerprint density at radius 3 is 2.64 bits per heavy atom. The third-order valence-corrected chi connectivity index (χ3v) is 4.34. The Morgan fingerprint density at radius 2 is 1.96 bits per heavy atom. The van der Waals surface area contributed by atoms with Crippen molar-refractivity contribution in [1.82, 2.24) is 14.9 Å². The number of hydrogen-bond donors (Lipinski definition) is 2. The summed E-state index contributed by atoms with van der Waals surface area (Å²) in [6.45, 7) is 4.73. The molecule has 0 aliphatic carbocycles. The molecule has 146 valence electrons. The second-order valence-electron chi connectivity index (χ2n) is 7.25.